The lowest BCUT2D eigenvalue weighted by molar-refractivity contribution is 0.275. The summed E-state index contributed by atoms with van der Waals surface area (Å²) < 4.78 is 0. The molecule has 2 heteroatoms. The highest BCUT2D eigenvalue weighted by molar-refractivity contribution is 4.27. The standard InChI is InChI=1S/C4H12N2.2C2H6/c1-4-6(3)5-2;2*1-2/h5H,4H2,1-3H3;2*1-2H3. The number of hydrogen-bond donors (Lipinski definition) is 1. The van der Waals surface area contributed by atoms with E-state index in [1.807, 2.05) is 46.8 Å². The van der Waals surface area contributed by atoms with E-state index in [1.54, 1.807) is 0 Å². The minimum atomic E-state index is 1.05. The summed E-state index contributed by atoms with van der Waals surface area (Å²) in [7, 11) is 3.91. The molecule has 66 valence electrons. The van der Waals surface area contributed by atoms with Crippen molar-refractivity contribution in [3.8, 4) is 0 Å². The Bertz CT molecular complexity index is 26.4. The molecule has 0 aromatic rings. The number of hydrazine groups is 1. The van der Waals surface area contributed by atoms with E-state index < -0.39 is 0 Å². The molecule has 0 atom stereocenters. The first-order chi connectivity index (χ1) is 4.81. The molecule has 0 heterocycles. The van der Waals surface area contributed by atoms with Gasteiger partial charge in [0, 0.05) is 13.6 Å². The third-order valence-corrected chi connectivity index (χ3v) is 0.856. The van der Waals surface area contributed by atoms with Gasteiger partial charge in [-0.05, 0) is 7.05 Å². The van der Waals surface area contributed by atoms with Crippen molar-refractivity contribution in [2.75, 3.05) is 20.6 Å². The van der Waals surface area contributed by atoms with Gasteiger partial charge in [0.05, 0.1) is 0 Å². The van der Waals surface area contributed by atoms with Crippen molar-refractivity contribution in [1.82, 2.24) is 10.4 Å². The largest absolute Gasteiger partial charge is 0.259 e. The Balaban J connectivity index is -0.000000105. The Morgan fingerprint density at radius 2 is 1.40 bits per heavy atom. The topological polar surface area (TPSA) is 15.3 Å². The second-order valence-electron chi connectivity index (χ2n) is 1.24. The van der Waals surface area contributed by atoms with Gasteiger partial charge in [0.25, 0.3) is 0 Å². The SMILES string of the molecule is CC.CC.CCN(C)NC. The van der Waals surface area contributed by atoms with Crippen LogP contribution >= 0.6 is 0 Å². The Hall–Kier alpha value is -0.0800. The molecule has 0 amide bonds. The van der Waals surface area contributed by atoms with E-state index in [0.717, 1.165) is 6.54 Å². The minimum Gasteiger partial charge on any atom is -0.259 e. The molecule has 0 aliphatic carbocycles. The summed E-state index contributed by atoms with van der Waals surface area (Å²) in [6, 6.07) is 0. The van der Waals surface area contributed by atoms with E-state index in [1.165, 1.54) is 0 Å². The van der Waals surface area contributed by atoms with E-state index in [2.05, 4.69) is 12.3 Å². The first kappa shape index (κ1) is 16.5. The van der Waals surface area contributed by atoms with Gasteiger partial charge in [0.1, 0.15) is 0 Å². The van der Waals surface area contributed by atoms with Crippen LogP contribution in [0.15, 0.2) is 0 Å². The van der Waals surface area contributed by atoms with E-state index in [4.69, 9.17) is 0 Å². The van der Waals surface area contributed by atoms with Gasteiger partial charge < -0.3 is 0 Å². The van der Waals surface area contributed by atoms with Crippen molar-refractivity contribution in [3.05, 3.63) is 0 Å². The normalized spacial score (nSPS) is 7.20. The molecule has 2 nitrogen and oxygen atoms in total. The van der Waals surface area contributed by atoms with E-state index >= 15 is 0 Å². The van der Waals surface area contributed by atoms with Gasteiger partial charge in [-0.2, -0.15) is 0 Å². The molecule has 0 saturated heterocycles. The van der Waals surface area contributed by atoms with Gasteiger partial charge in [-0.25, -0.2) is 5.01 Å². The fraction of sp³-hybridized carbons (Fsp3) is 1.00. The number of nitrogens with one attached hydrogen (secondary N) is 1. The van der Waals surface area contributed by atoms with Crippen LogP contribution in [0.4, 0.5) is 0 Å². The van der Waals surface area contributed by atoms with Crippen molar-refractivity contribution in [2.24, 2.45) is 0 Å². The quantitative estimate of drug-likeness (QED) is 0.603. The lowest BCUT2D eigenvalue weighted by Crippen LogP contribution is -2.29. The molecule has 0 spiro atoms. The van der Waals surface area contributed by atoms with Crippen LogP contribution in [0, 0.1) is 0 Å². The zero-order valence-electron chi connectivity index (χ0n) is 8.65. The van der Waals surface area contributed by atoms with Crippen molar-refractivity contribution in [3.63, 3.8) is 0 Å². The Kier molecular flexibility index (Phi) is 38.1. The third-order valence-electron chi connectivity index (χ3n) is 0.856. The minimum absolute atomic E-state index is 1.05. The average molecular weight is 148 g/mol. The highest BCUT2D eigenvalue weighted by atomic mass is 15.5. The van der Waals surface area contributed by atoms with Gasteiger partial charge in [-0.3, -0.25) is 5.43 Å². The zero-order chi connectivity index (χ0) is 8.99. The predicted octanol–water partition coefficient (Wildman–Crippen LogP) is 2.12. The van der Waals surface area contributed by atoms with Crippen LogP contribution in [0.3, 0.4) is 0 Å². The fourth-order valence-electron chi connectivity index (χ4n) is 0.158. The molecular weight excluding hydrogens is 124 g/mol. The number of nitrogens with zero attached hydrogens (tertiary/aromatic N) is 1. The Morgan fingerprint density at radius 1 is 1.10 bits per heavy atom. The summed E-state index contributed by atoms with van der Waals surface area (Å²) in [6.45, 7) is 11.1. The van der Waals surface area contributed by atoms with Crippen LogP contribution < -0.4 is 5.43 Å². The molecule has 1 N–H and O–H groups in total. The second kappa shape index (κ2) is 23.1. The van der Waals surface area contributed by atoms with Crippen LogP contribution in [-0.2, 0) is 0 Å². The predicted molar refractivity (Wildman–Crippen MR) is 50.1 cm³/mol. The van der Waals surface area contributed by atoms with Crippen LogP contribution in [0.2, 0.25) is 0 Å². The third kappa shape index (κ3) is 24.7. The highest BCUT2D eigenvalue weighted by Gasteiger charge is 1.79. The van der Waals surface area contributed by atoms with Gasteiger partial charge >= 0.3 is 0 Å². The molecule has 0 rings (SSSR count). The lowest BCUT2D eigenvalue weighted by Gasteiger charge is -2.09. The highest BCUT2D eigenvalue weighted by Crippen LogP contribution is 1.64. The van der Waals surface area contributed by atoms with Gasteiger partial charge in [-0.15, -0.1) is 0 Å². The lowest BCUT2D eigenvalue weighted by atomic mass is 10.7. The molecule has 0 bridgehead atoms. The van der Waals surface area contributed by atoms with Crippen molar-refractivity contribution in [2.45, 2.75) is 34.6 Å². The second-order valence-corrected chi connectivity index (χ2v) is 1.24. The van der Waals surface area contributed by atoms with Crippen LogP contribution in [0.5, 0.6) is 0 Å². The van der Waals surface area contributed by atoms with E-state index in [-0.39, 0.29) is 0 Å². The average Bonchev–Trinajstić information content (AvgIpc) is 2.10. The summed E-state index contributed by atoms with van der Waals surface area (Å²) in [6.07, 6.45) is 0. The van der Waals surface area contributed by atoms with Crippen molar-refractivity contribution >= 4 is 0 Å². The smallest absolute Gasteiger partial charge is 0.00988 e. The van der Waals surface area contributed by atoms with Crippen molar-refractivity contribution < 1.29 is 0 Å². The molecule has 0 aromatic heterocycles. The summed E-state index contributed by atoms with van der Waals surface area (Å²) >= 11 is 0. The molecular formula is C8H24N2. The summed E-state index contributed by atoms with van der Waals surface area (Å²) in [5.41, 5.74) is 2.95. The van der Waals surface area contributed by atoms with Gasteiger partial charge in [0.15, 0.2) is 0 Å². The molecule has 0 fully saturated rings. The van der Waals surface area contributed by atoms with E-state index in [0.29, 0.717) is 0 Å². The van der Waals surface area contributed by atoms with Crippen LogP contribution in [-0.4, -0.2) is 25.6 Å². The summed E-state index contributed by atoms with van der Waals surface area (Å²) in [5.74, 6) is 0. The first-order valence-corrected chi connectivity index (χ1v) is 4.19. The molecule has 0 unspecified atom stereocenters. The molecule has 0 radical (unpaired) electrons. The van der Waals surface area contributed by atoms with E-state index in [9.17, 15) is 0 Å². The first-order valence-electron chi connectivity index (χ1n) is 4.19. The van der Waals surface area contributed by atoms with Gasteiger partial charge in [-0.1, -0.05) is 34.6 Å². The summed E-state index contributed by atoms with van der Waals surface area (Å²) in [5, 5.41) is 2.00. The maximum Gasteiger partial charge on any atom is 0.00988 e. The molecule has 0 aliphatic heterocycles. The van der Waals surface area contributed by atoms with Crippen molar-refractivity contribution in [1.29, 1.82) is 0 Å². The molecule has 10 heavy (non-hydrogen) atoms. The molecule has 0 aliphatic rings. The monoisotopic (exact) mass is 148 g/mol. The summed E-state index contributed by atoms with van der Waals surface area (Å²) in [4.78, 5) is 0. The maximum absolute atomic E-state index is 2.95. The maximum atomic E-state index is 2.95. The molecule has 0 saturated carbocycles. The number of rotatable bonds is 2. The van der Waals surface area contributed by atoms with Crippen LogP contribution in [0.25, 0.3) is 0 Å². The Morgan fingerprint density at radius 3 is 1.40 bits per heavy atom. The molecule has 0 aromatic carbocycles. The van der Waals surface area contributed by atoms with Crippen LogP contribution in [0.1, 0.15) is 34.6 Å². The zero-order valence-corrected chi connectivity index (χ0v) is 8.65. The number of hydrogen-bond acceptors (Lipinski definition) is 2. The van der Waals surface area contributed by atoms with Gasteiger partial charge in [0.2, 0.25) is 0 Å². The fourth-order valence-corrected chi connectivity index (χ4v) is 0.158. The Labute approximate surface area is 66.6 Å².